The lowest BCUT2D eigenvalue weighted by Crippen LogP contribution is -2.27. The average Bonchev–Trinajstić information content (AvgIpc) is 2.51. The Balaban J connectivity index is 2.28. The summed E-state index contributed by atoms with van der Waals surface area (Å²) >= 11 is 5.95. The number of benzene rings is 2. The van der Waals surface area contributed by atoms with E-state index in [-0.39, 0.29) is 22.0 Å². The van der Waals surface area contributed by atoms with Crippen molar-refractivity contribution in [1.82, 2.24) is 4.31 Å². The largest absolute Gasteiger partial charge is 0.243 e. The maximum absolute atomic E-state index is 13.8. The van der Waals surface area contributed by atoms with Gasteiger partial charge in [0.2, 0.25) is 10.0 Å². The van der Waals surface area contributed by atoms with Gasteiger partial charge in [0, 0.05) is 24.2 Å². The monoisotopic (exact) mass is 341 g/mol. The molecule has 0 radical (unpaired) electrons. The summed E-state index contributed by atoms with van der Waals surface area (Å²) in [5.74, 6) is -0.518. The van der Waals surface area contributed by atoms with E-state index >= 15 is 0 Å². The smallest absolute Gasteiger partial charge is 0.207 e. The molecule has 0 aliphatic carbocycles. The third kappa shape index (κ3) is 3.48. The molecular weight excluding hydrogens is 325 g/mol. The first-order chi connectivity index (χ1) is 10.4. The van der Waals surface area contributed by atoms with Crippen LogP contribution < -0.4 is 0 Å². The van der Waals surface area contributed by atoms with Crippen LogP contribution in [0.2, 0.25) is 5.02 Å². The van der Waals surface area contributed by atoms with Crippen molar-refractivity contribution in [3.8, 4) is 0 Å². The van der Waals surface area contributed by atoms with Crippen molar-refractivity contribution in [3.05, 3.63) is 64.4 Å². The standard InChI is InChI=1S/C16H17ClFNO2S/c1-3-12-7-9-13(10-8-12)22(20,21)19(2)11-14-15(17)5-4-6-16(14)18/h4-10H,3,11H2,1-2H3. The van der Waals surface area contributed by atoms with Gasteiger partial charge < -0.3 is 0 Å². The Morgan fingerprint density at radius 2 is 1.77 bits per heavy atom. The van der Waals surface area contributed by atoms with Gasteiger partial charge in [-0.3, -0.25) is 0 Å². The summed E-state index contributed by atoms with van der Waals surface area (Å²) in [5.41, 5.74) is 1.22. The van der Waals surface area contributed by atoms with E-state index in [9.17, 15) is 12.8 Å². The number of aryl methyl sites for hydroxylation is 1. The number of nitrogens with zero attached hydrogens (tertiary/aromatic N) is 1. The van der Waals surface area contributed by atoms with Crippen LogP contribution in [0.15, 0.2) is 47.4 Å². The molecule has 0 heterocycles. The third-order valence-corrected chi connectivity index (χ3v) is 5.65. The zero-order chi connectivity index (χ0) is 16.3. The lowest BCUT2D eigenvalue weighted by atomic mass is 10.2. The van der Waals surface area contributed by atoms with Crippen LogP contribution in [-0.4, -0.2) is 19.8 Å². The fraction of sp³-hybridized carbons (Fsp3) is 0.250. The fourth-order valence-corrected chi connectivity index (χ4v) is 3.43. The minimum Gasteiger partial charge on any atom is -0.207 e. The summed E-state index contributed by atoms with van der Waals surface area (Å²) in [6.45, 7) is 1.87. The minimum absolute atomic E-state index is 0.122. The van der Waals surface area contributed by atoms with Gasteiger partial charge in [-0.2, -0.15) is 4.31 Å². The highest BCUT2D eigenvalue weighted by atomic mass is 35.5. The topological polar surface area (TPSA) is 37.4 Å². The molecule has 2 aromatic carbocycles. The molecule has 2 aromatic rings. The van der Waals surface area contributed by atoms with Crippen molar-refractivity contribution in [2.24, 2.45) is 0 Å². The maximum atomic E-state index is 13.8. The molecule has 0 aliphatic rings. The van der Waals surface area contributed by atoms with Gasteiger partial charge >= 0.3 is 0 Å². The second kappa shape index (κ2) is 6.77. The van der Waals surface area contributed by atoms with Gasteiger partial charge in [0.05, 0.1) is 4.90 Å². The van der Waals surface area contributed by atoms with Crippen LogP contribution in [-0.2, 0) is 23.0 Å². The van der Waals surface area contributed by atoms with Crippen molar-refractivity contribution >= 4 is 21.6 Å². The van der Waals surface area contributed by atoms with E-state index in [4.69, 9.17) is 11.6 Å². The Hall–Kier alpha value is -1.43. The summed E-state index contributed by atoms with van der Waals surface area (Å²) in [6, 6.07) is 11.0. The van der Waals surface area contributed by atoms with Gasteiger partial charge in [0.25, 0.3) is 0 Å². The van der Waals surface area contributed by atoms with Crippen molar-refractivity contribution in [2.45, 2.75) is 24.8 Å². The summed E-state index contributed by atoms with van der Waals surface area (Å²) < 4.78 is 39.9. The van der Waals surface area contributed by atoms with Gasteiger partial charge in [-0.1, -0.05) is 36.7 Å². The van der Waals surface area contributed by atoms with Crippen LogP contribution in [0.5, 0.6) is 0 Å². The Bertz CT molecular complexity index is 740. The highest BCUT2D eigenvalue weighted by Gasteiger charge is 2.22. The number of rotatable bonds is 5. The highest BCUT2D eigenvalue weighted by Crippen LogP contribution is 2.23. The Morgan fingerprint density at radius 3 is 2.32 bits per heavy atom. The molecule has 0 amide bonds. The van der Waals surface area contributed by atoms with Gasteiger partial charge in [0.1, 0.15) is 5.82 Å². The zero-order valence-electron chi connectivity index (χ0n) is 12.4. The SMILES string of the molecule is CCc1ccc(S(=O)(=O)N(C)Cc2c(F)cccc2Cl)cc1. The Morgan fingerprint density at radius 1 is 1.14 bits per heavy atom. The van der Waals surface area contributed by atoms with Crippen LogP contribution >= 0.6 is 11.6 Å². The molecule has 118 valence electrons. The van der Waals surface area contributed by atoms with E-state index in [0.29, 0.717) is 0 Å². The summed E-state index contributed by atoms with van der Waals surface area (Å²) in [4.78, 5) is 0.180. The van der Waals surface area contributed by atoms with E-state index in [0.717, 1.165) is 16.3 Å². The molecule has 6 heteroatoms. The molecule has 0 fully saturated rings. The van der Waals surface area contributed by atoms with E-state index in [2.05, 4.69) is 0 Å². The Labute approximate surface area is 135 Å². The van der Waals surface area contributed by atoms with Crippen LogP contribution in [0.25, 0.3) is 0 Å². The highest BCUT2D eigenvalue weighted by molar-refractivity contribution is 7.89. The molecule has 0 bridgehead atoms. The third-order valence-electron chi connectivity index (χ3n) is 3.48. The molecule has 0 aliphatic heterocycles. The van der Waals surface area contributed by atoms with Crippen LogP contribution in [0.1, 0.15) is 18.1 Å². The molecule has 0 spiro atoms. The van der Waals surface area contributed by atoms with E-state index < -0.39 is 15.8 Å². The van der Waals surface area contributed by atoms with Crippen molar-refractivity contribution in [1.29, 1.82) is 0 Å². The fourth-order valence-electron chi connectivity index (χ4n) is 2.07. The molecule has 0 unspecified atom stereocenters. The van der Waals surface area contributed by atoms with Crippen LogP contribution in [0.4, 0.5) is 4.39 Å². The van der Waals surface area contributed by atoms with Crippen molar-refractivity contribution in [2.75, 3.05) is 7.05 Å². The minimum atomic E-state index is -3.69. The molecule has 2 rings (SSSR count). The number of hydrogen-bond donors (Lipinski definition) is 0. The lowest BCUT2D eigenvalue weighted by Gasteiger charge is -2.18. The number of sulfonamides is 1. The average molecular weight is 342 g/mol. The first kappa shape index (κ1) is 16.9. The molecule has 22 heavy (non-hydrogen) atoms. The van der Waals surface area contributed by atoms with Crippen LogP contribution in [0.3, 0.4) is 0 Å². The van der Waals surface area contributed by atoms with E-state index in [1.165, 1.54) is 25.2 Å². The molecule has 0 saturated carbocycles. The molecule has 0 atom stereocenters. The number of hydrogen-bond acceptors (Lipinski definition) is 2. The Kier molecular flexibility index (Phi) is 5.21. The second-order valence-electron chi connectivity index (χ2n) is 4.96. The maximum Gasteiger partial charge on any atom is 0.243 e. The van der Waals surface area contributed by atoms with Gasteiger partial charge in [0.15, 0.2) is 0 Å². The van der Waals surface area contributed by atoms with E-state index in [1.54, 1.807) is 24.3 Å². The van der Waals surface area contributed by atoms with Crippen molar-refractivity contribution < 1.29 is 12.8 Å². The molecular formula is C16H17ClFNO2S. The zero-order valence-corrected chi connectivity index (χ0v) is 14.0. The van der Waals surface area contributed by atoms with Crippen LogP contribution in [0, 0.1) is 5.82 Å². The lowest BCUT2D eigenvalue weighted by molar-refractivity contribution is 0.456. The molecule has 0 aromatic heterocycles. The quantitative estimate of drug-likeness (QED) is 0.828. The van der Waals surface area contributed by atoms with Crippen molar-refractivity contribution in [3.63, 3.8) is 0 Å². The first-order valence-electron chi connectivity index (χ1n) is 6.84. The molecule has 3 nitrogen and oxygen atoms in total. The molecule has 0 saturated heterocycles. The predicted octanol–water partition coefficient (Wildman–Crippen LogP) is 3.86. The van der Waals surface area contributed by atoms with E-state index in [1.807, 2.05) is 6.92 Å². The normalized spacial score (nSPS) is 11.9. The summed E-state index contributed by atoms with van der Waals surface area (Å²) in [5, 5.41) is 0.211. The predicted molar refractivity (Wildman–Crippen MR) is 85.9 cm³/mol. The van der Waals surface area contributed by atoms with Gasteiger partial charge in [-0.25, -0.2) is 12.8 Å². The first-order valence-corrected chi connectivity index (χ1v) is 8.66. The second-order valence-corrected chi connectivity index (χ2v) is 7.41. The number of halogens is 2. The summed E-state index contributed by atoms with van der Waals surface area (Å²) in [6.07, 6.45) is 0.834. The molecule has 0 N–H and O–H groups in total. The summed E-state index contributed by atoms with van der Waals surface area (Å²) in [7, 11) is -2.28. The van der Waals surface area contributed by atoms with Gasteiger partial charge in [-0.15, -0.1) is 0 Å². The van der Waals surface area contributed by atoms with Gasteiger partial charge in [-0.05, 0) is 36.2 Å².